The van der Waals surface area contributed by atoms with Gasteiger partial charge in [0.25, 0.3) is 0 Å². The number of anilines is 1. The highest BCUT2D eigenvalue weighted by molar-refractivity contribution is 5.92. The molecule has 0 saturated carbocycles. The third-order valence-corrected chi connectivity index (χ3v) is 5.59. The van der Waals surface area contributed by atoms with Crippen molar-refractivity contribution >= 4 is 17.5 Å². The summed E-state index contributed by atoms with van der Waals surface area (Å²) in [6, 6.07) is 13.6. The van der Waals surface area contributed by atoms with Crippen LogP contribution in [-0.2, 0) is 22.7 Å². The minimum atomic E-state index is -0.605. The minimum absolute atomic E-state index is 0.0261. The lowest BCUT2D eigenvalue weighted by atomic mass is 10.1. The number of para-hydroxylation sites is 1. The number of halogens is 1. The molecule has 0 unspecified atom stereocenters. The first-order chi connectivity index (χ1) is 14.8. The molecule has 1 heterocycles. The highest BCUT2D eigenvalue weighted by Crippen LogP contribution is 2.24. The molecule has 1 aliphatic rings. The SMILES string of the molecule is CC(=O)N1CCCN(Cc2ccc(F)cc2)CCN(C(=O)[C@@H](C)N)Cc2ccccc21. The van der Waals surface area contributed by atoms with Crippen molar-refractivity contribution in [2.75, 3.05) is 31.1 Å². The van der Waals surface area contributed by atoms with Gasteiger partial charge in [0, 0.05) is 51.9 Å². The number of nitrogens with zero attached hydrogens (tertiary/aromatic N) is 3. The van der Waals surface area contributed by atoms with Gasteiger partial charge in [-0.25, -0.2) is 4.39 Å². The van der Waals surface area contributed by atoms with Crippen molar-refractivity contribution < 1.29 is 14.0 Å². The molecule has 0 fully saturated rings. The Morgan fingerprint density at radius 3 is 2.42 bits per heavy atom. The molecule has 0 spiro atoms. The molecule has 2 aromatic rings. The zero-order chi connectivity index (χ0) is 22.4. The van der Waals surface area contributed by atoms with Crippen LogP contribution in [0.3, 0.4) is 0 Å². The Bertz CT molecular complexity index is 901. The number of carbonyl (C=O) groups excluding carboxylic acids is 2. The lowest BCUT2D eigenvalue weighted by Gasteiger charge is -2.29. The molecule has 2 N–H and O–H groups in total. The number of hydrogen-bond acceptors (Lipinski definition) is 4. The molecule has 0 radical (unpaired) electrons. The Kier molecular flexibility index (Phi) is 7.76. The van der Waals surface area contributed by atoms with Crippen molar-refractivity contribution in [3.63, 3.8) is 0 Å². The summed E-state index contributed by atoms with van der Waals surface area (Å²) < 4.78 is 13.3. The molecule has 31 heavy (non-hydrogen) atoms. The lowest BCUT2D eigenvalue weighted by molar-refractivity contribution is -0.133. The van der Waals surface area contributed by atoms with Crippen molar-refractivity contribution in [1.82, 2.24) is 9.80 Å². The average molecular weight is 427 g/mol. The summed E-state index contributed by atoms with van der Waals surface area (Å²) in [6.07, 6.45) is 0.788. The van der Waals surface area contributed by atoms with E-state index >= 15 is 0 Å². The molecule has 166 valence electrons. The summed E-state index contributed by atoms with van der Waals surface area (Å²) in [5, 5.41) is 0. The summed E-state index contributed by atoms with van der Waals surface area (Å²) in [5.74, 6) is -0.406. The predicted molar refractivity (Wildman–Crippen MR) is 120 cm³/mol. The summed E-state index contributed by atoms with van der Waals surface area (Å²) in [5.41, 5.74) is 8.69. The van der Waals surface area contributed by atoms with E-state index in [1.165, 1.54) is 12.1 Å². The molecule has 0 aliphatic carbocycles. The fourth-order valence-electron chi connectivity index (χ4n) is 3.95. The largest absolute Gasteiger partial charge is 0.336 e. The average Bonchev–Trinajstić information content (AvgIpc) is 2.77. The highest BCUT2D eigenvalue weighted by atomic mass is 19.1. The molecule has 2 aromatic carbocycles. The number of fused-ring (bicyclic) bond motifs is 1. The fourth-order valence-corrected chi connectivity index (χ4v) is 3.95. The second-order valence-corrected chi connectivity index (χ2v) is 8.10. The highest BCUT2D eigenvalue weighted by Gasteiger charge is 2.23. The molecule has 7 heteroatoms. The smallest absolute Gasteiger partial charge is 0.239 e. The van der Waals surface area contributed by atoms with E-state index in [-0.39, 0.29) is 17.6 Å². The number of amides is 2. The van der Waals surface area contributed by atoms with E-state index in [2.05, 4.69) is 4.90 Å². The first-order valence-corrected chi connectivity index (χ1v) is 10.7. The number of benzene rings is 2. The molecular formula is C24H31FN4O2. The quantitative estimate of drug-likeness (QED) is 0.819. The van der Waals surface area contributed by atoms with Gasteiger partial charge in [-0.1, -0.05) is 30.3 Å². The van der Waals surface area contributed by atoms with Gasteiger partial charge in [-0.2, -0.15) is 0 Å². The van der Waals surface area contributed by atoms with Crippen LogP contribution in [0.1, 0.15) is 31.4 Å². The molecule has 0 bridgehead atoms. The van der Waals surface area contributed by atoms with Gasteiger partial charge in [0.05, 0.1) is 6.04 Å². The van der Waals surface area contributed by atoms with Crippen LogP contribution in [0.2, 0.25) is 0 Å². The minimum Gasteiger partial charge on any atom is -0.336 e. The van der Waals surface area contributed by atoms with Gasteiger partial charge in [-0.05, 0) is 42.7 Å². The van der Waals surface area contributed by atoms with E-state index in [1.54, 1.807) is 35.8 Å². The Morgan fingerprint density at radius 1 is 1.03 bits per heavy atom. The summed E-state index contributed by atoms with van der Waals surface area (Å²) in [6.45, 7) is 6.83. The molecule has 2 amide bonds. The maximum Gasteiger partial charge on any atom is 0.239 e. The number of carbonyl (C=O) groups is 2. The number of hydrogen-bond donors (Lipinski definition) is 1. The molecule has 1 atom stereocenters. The van der Waals surface area contributed by atoms with Gasteiger partial charge in [0.2, 0.25) is 11.8 Å². The zero-order valence-corrected chi connectivity index (χ0v) is 18.3. The monoisotopic (exact) mass is 426 g/mol. The van der Waals surface area contributed by atoms with Crippen LogP contribution >= 0.6 is 0 Å². The first-order valence-electron chi connectivity index (χ1n) is 10.7. The molecule has 0 saturated heterocycles. The van der Waals surface area contributed by atoms with E-state index < -0.39 is 6.04 Å². The Hall–Kier alpha value is -2.77. The van der Waals surface area contributed by atoms with Gasteiger partial charge in [0.1, 0.15) is 5.82 Å². The summed E-state index contributed by atoms with van der Waals surface area (Å²) in [4.78, 5) is 31.0. The molecule has 1 aliphatic heterocycles. The van der Waals surface area contributed by atoms with Crippen molar-refractivity contribution in [1.29, 1.82) is 0 Å². The van der Waals surface area contributed by atoms with Crippen molar-refractivity contribution in [3.8, 4) is 0 Å². The third-order valence-electron chi connectivity index (χ3n) is 5.59. The Balaban J connectivity index is 1.88. The van der Waals surface area contributed by atoms with E-state index in [1.807, 2.05) is 24.3 Å². The van der Waals surface area contributed by atoms with E-state index in [0.29, 0.717) is 32.7 Å². The molecule has 6 nitrogen and oxygen atoms in total. The zero-order valence-electron chi connectivity index (χ0n) is 18.3. The van der Waals surface area contributed by atoms with E-state index in [0.717, 1.165) is 29.8 Å². The normalized spacial score (nSPS) is 16.9. The molecule has 0 aromatic heterocycles. The van der Waals surface area contributed by atoms with Crippen molar-refractivity contribution in [2.24, 2.45) is 5.73 Å². The van der Waals surface area contributed by atoms with Crippen LogP contribution in [0.15, 0.2) is 48.5 Å². The van der Waals surface area contributed by atoms with Crippen LogP contribution in [0.4, 0.5) is 10.1 Å². The van der Waals surface area contributed by atoms with Crippen molar-refractivity contribution in [2.45, 2.75) is 39.4 Å². The predicted octanol–water partition coefficient (Wildman–Crippen LogP) is 2.76. The van der Waals surface area contributed by atoms with Crippen LogP contribution in [0.5, 0.6) is 0 Å². The second kappa shape index (κ2) is 10.5. The van der Waals surface area contributed by atoms with Gasteiger partial charge in [-0.3, -0.25) is 14.5 Å². The maximum absolute atomic E-state index is 13.3. The second-order valence-electron chi connectivity index (χ2n) is 8.10. The first kappa shape index (κ1) is 22.9. The topological polar surface area (TPSA) is 69.9 Å². The van der Waals surface area contributed by atoms with E-state index in [9.17, 15) is 14.0 Å². The van der Waals surface area contributed by atoms with Crippen LogP contribution in [-0.4, -0.2) is 53.8 Å². The summed E-state index contributed by atoms with van der Waals surface area (Å²) >= 11 is 0. The molecule has 3 rings (SSSR count). The van der Waals surface area contributed by atoms with Crippen molar-refractivity contribution in [3.05, 3.63) is 65.5 Å². The van der Waals surface area contributed by atoms with Crippen LogP contribution in [0.25, 0.3) is 0 Å². The maximum atomic E-state index is 13.3. The Morgan fingerprint density at radius 2 is 1.74 bits per heavy atom. The third kappa shape index (κ3) is 6.12. The van der Waals surface area contributed by atoms with Gasteiger partial charge in [-0.15, -0.1) is 0 Å². The standard InChI is InChI=1S/C24H31FN4O2/c1-18(26)24(31)28-15-14-27(16-20-8-10-22(25)11-9-20)12-5-13-29(19(2)30)23-7-4-3-6-21(23)17-28/h3-4,6-11,18H,5,12-17,26H2,1-2H3/t18-/m1/s1. The van der Waals surface area contributed by atoms with Crippen LogP contribution < -0.4 is 10.6 Å². The van der Waals surface area contributed by atoms with Gasteiger partial charge < -0.3 is 15.5 Å². The van der Waals surface area contributed by atoms with Gasteiger partial charge in [0.15, 0.2) is 0 Å². The fraction of sp³-hybridized carbons (Fsp3) is 0.417. The summed E-state index contributed by atoms with van der Waals surface area (Å²) in [7, 11) is 0. The number of rotatable bonds is 3. The molecular weight excluding hydrogens is 395 g/mol. The Labute approximate surface area is 183 Å². The van der Waals surface area contributed by atoms with E-state index in [4.69, 9.17) is 5.73 Å². The van der Waals surface area contributed by atoms with Gasteiger partial charge >= 0.3 is 0 Å². The number of nitrogens with two attached hydrogens (primary N) is 1. The van der Waals surface area contributed by atoms with Crippen LogP contribution in [0, 0.1) is 5.82 Å². The lowest BCUT2D eigenvalue weighted by Crippen LogP contribution is -2.45.